The van der Waals surface area contributed by atoms with Gasteiger partial charge in [-0.2, -0.15) is 0 Å². The number of guanidine groups is 1. The lowest BCUT2D eigenvalue weighted by Crippen LogP contribution is -2.44. The molecule has 0 aliphatic carbocycles. The Morgan fingerprint density at radius 1 is 1.20 bits per heavy atom. The lowest BCUT2D eigenvalue weighted by Gasteiger charge is -2.15. The fraction of sp³-hybridized carbons (Fsp3) is 0.389. The van der Waals surface area contributed by atoms with E-state index in [4.69, 9.17) is 0 Å². The summed E-state index contributed by atoms with van der Waals surface area (Å²) in [5.41, 5.74) is 1.13. The number of nitrogens with zero attached hydrogens (tertiary/aromatic N) is 1. The number of halogens is 1. The zero-order valence-electron chi connectivity index (χ0n) is 14.2. The second-order valence-corrected chi connectivity index (χ2v) is 8.35. The molecule has 1 aliphatic heterocycles. The predicted octanol–water partition coefficient (Wildman–Crippen LogP) is 2.70. The van der Waals surface area contributed by atoms with Crippen LogP contribution in [0.2, 0.25) is 0 Å². The van der Waals surface area contributed by atoms with Gasteiger partial charge in [-0.15, -0.1) is 24.0 Å². The van der Waals surface area contributed by atoms with Crippen molar-refractivity contribution < 1.29 is 8.42 Å². The first-order chi connectivity index (χ1) is 11.6. The highest BCUT2D eigenvalue weighted by Gasteiger charge is 2.28. The number of rotatable bonds is 4. The van der Waals surface area contributed by atoms with E-state index in [1.165, 1.54) is 10.8 Å². The summed E-state index contributed by atoms with van der Waals surface area (Å²) in [7, 11) is -2.89. The molecular formula is C18H24IN3O2S. The van der Waals surface area contributed by atoms with Crippen molar-refractivity contribution in [1.29, 1.82) is 0 Å². The number of fused-ring (bicyclic) bond motifs is 1. The van der Waals surface area contributed by atoms with Crippen molar-refractivity contribution in [3.05, 3.63) is 48.0 Å². The fourth-order valence-corrected chi connectivity index (χ4v) is 4.60. The summed E-state index contributed by atoms with van der Waals surface area (Å²) in [6, 6.07) is 14.5. The number of benzene rings is 2. The van der Waals surface area contributed by atoms with E-state index in [9.17, 15) is 8.42 Å². The number of nitrogens with one attached hydrogen (secondary N) is 2. The fourth-order valence-electron chi connectivity index (χ4n) is 2.93. The third-order valence-electron chi connectivity index (χ3n) is 4.15. The molecule has 136 valence electrons. The topological polar surface area (TPSA) is 70.6 Å². The molecular weight excluding hydrogens is 449 g/mol. The summed E-state index contributed by atoms with van der Waals surface area (Å²) < 4.78 is 23.2. The largest absolute Gasteiger partial charge is 0.357 e. The minimum Gasteiger partial charge on any atom is -0.357 e. The van der Waals surface area contributed by atoms with Crippen LogP contribution >= 0.6 is 24.0 Å². The molecule has 0 aromatic heterocycles. The number of aliphatic imine (C=N–C) groups is 1. The molecule has 7 heteroatoms. The molecule has 0 amide bonds. The Morgan fingerprint density at radius 3 is 2.64 bits per heavy atom. The molecule has 1 unspecified atom stereocenters. The summed E-state index contributed by atoms with van der Waals surface area (Å²) in [4.78, 5) is 4.60. The molecule has 0 saturated carbocycles. The van der Waals surface area contributed by atoms with Crippen LogP contribution in [0.1, 0.15) is 18.9 Å². The van der Waals surface area contributed by atoms with Gasteiger partial charge in [0.05, 0.1) is 18.1 Å². The van der Waals surface area contributed by atoms with Crippen LogP contribution in [0.5, 0.6) is 0 Å². The van der Waals surface area contributed by atoms with Gasteiger partial charge in [0.15, 0.2) is 15.8 Å². The van der Waals surface area contributed by atoms with Crippen molar-refractivity contribution in [3.63, 3.8) is 0 Å². The zero-order valence-corrected chi connectivity index (χ0v) is 17.4. The van der Waals surface area contributed by atoms with Gasteiger partial charge in [0.2, 0.25) is 0 Å². The maximum absolute atomic E-state index is 11.6. The monoisotopic (exact) mass is 473 g/mol. The number of hydrogen-bond acceptors (Lipinski definition) is 3. The van der Waals surface area contributed by atoms with E-state index >= 15 is 0 Å². The van der Waals surface area contributed by atoms with E-state index in [2.05, 4.69) is 46.0 Å². The van der Waals surface area contributed by atoms with Crippen LogP contribution in [-0.4, -0.2) is 38.5 Å². The van der Waals surface area contributed by atoms with Crippen molar-refractivity contribution in [1.82, 2.24) is 10.6 Å². The Balaban J connectivity index is 0.00000225. The summed E-state index contributed by atoms with van der Waals surface area (Å²) >= 11 is 0. The zero-order chi connectivity index (χ0) is 17.0. The maximum atomic E-state index is 11.6. The molecule has 1 fully saturated rings. The Labute approximate surface area is 166 Å². The molecule has 0 bridgehead atoms. The highest BCUT2D eigenvalue weighted by atomic mass is 127. The molecule has 3 rings (SSSR count). The van der Waals surface area contributed by atoms with Crippen molar-refractivity contribution in [2.45, 2.75) is 25.9 Å². The summed E-state index contributed by atoms with van der Waals surface area (Å²) in [6.07, 6.45) is 0.642. The Kier molecular flexibility index (Phi) is 7.06. The molecule has 5 nitrogen and oxygen atoms in total. The molecule has 1 atom stereocenters. The number of hydrogen-bond donors (Lipinski definition) is 2. The molecule has 25 heavy (non-hydrogen) atoms. The van der Waals surface area contributed by atoms with Gasteiger partial charge in [-0.25, -0.2) is 13.4 Å². The van der Waals surface area contributed by atoms with E-state index in [1.54, 1.807) is 0 Å². The van der Waals surface area contributed by atoms with Crippen LogP contribution in [0.4, 0.5) is 0 Å². The summed E-state index contributed by atoms with van der Waals surface area (Å²) in [5, 5.41) is 8.84. The van der Waals surface area contributed by atoms with E-state index in [1.807, 2.05) is 19.1 Å². The van der Waals surface area contributed by atoms with Gasteiger partial charge < -0.3 is 10.6 Å². The van der Waals surface area contributed by atoms with Gasteiger partial charge in [0.25, 0.3) is 0 Å². The van der Waals surface area contributed by atoms with Crippen molar-refractivity contribution in [2.24, 2.45) is 4.99 Å². The highest BCUT2D eigenvalue weighted by Crippen LogP contribution is 2.16. The van der Waals surface area contributed by atoms with Gasteiger partial charge in [0, 0.05) is 12.6 Å². The molecule has 2 aromatic carbocycles. The molecule has 0 spiro atoms. The van der Waals surface area contributed by atoms with E-state index in [0.717, 1.165) is 12.1 Å². The minimum absolute atomic E-state index is 0. The first kappa shape index (κ1) is 20.0. The van der Waals surface area contributed by atoms with Gasteiger partial charge in [-0.05, 0) is 35.7 Å². The van der Waals surface area contributed by atoms with Crippen LogP contribution in [0, 0.1) is 0 Å². The van der Waals surface area contributed by atoms with Gasteiger partial charge >= 0.3 is 0 Å². The van der Waals surface area contributed by atoms with Crippen molar-refractivity contribution in [3.8, 4) is 0 Å². The van der Waals surface area contributed by atoms with E-state index in [0.29, 0.717) is 18.9 Å². The van der Waals surface area contributed by atoms with Gasteiger partial charge in [-0.1, -0.05) is 36.4 Å². The lowest BCUT2D eigenvalue weighted by atomic mass is 10.1. The predicted molar refractivity (Wildman–Crippen MR) is 114 cm³/mol. The Hall–Kier alpha value is -1.35. The quantitative estimate of drug-likeness (QED) is 0.407. The lowest BCUT2D eigenvalue weighted by molar-refractivity contribution is 0.599. The van der Waals surface area contributed by atoms with Crippen molar-refractivity contribution in [2.75, 3.05) is 18.1 Å². The standard InChI is InChI=1S/C18H23N3O2S.HI/c1-2-19-18(21-17-9-10-24(22,23)13-17)20-12-14-7-8-15-5-3-4-6-16(15)11-14;/h3-8,11,17H,2,9-10,12-13H2,1H3,(H2,19,20,21);1H. The van der Waals surface area contributed by atoms with Crippen LogP contribution in [-0.2, 0) is 16.4 Å². The summed E-state index contributed by atoms with van der Waals surface area (Å²) in [5.74, 6) is 1.12. The van der Waals surface area contributed by atoms with Crippen LogP contribution in [0.25, 0.3) is 10.8 Å². The molecule has 1 aliphatic rings. The smallest absolute Gasteiger partial charge is 0.191 e. The van der Waals surface area contributed by atoms with Crippen LogP contribution in [0.3, 0.4) is 0 Å². The van der Waals surface area contributed by atoms with E-state index < -0.39 is 9.84 Å². The first-order valence-electron chi connectivity index (χ1n) is 8.29. The molecule has 1 saturated heterocycles. The third kappa shape index (κ3) is 5.57. The van der Waals surface area contributed by atoms with Crippen LogP contribution in [0.15, 0.2) is 47.5 Å². The Morgan fingerprint density at radius 2 is 1.96 bits per heavy atom. The minimum atomic E-state index is -2.89. The normalized spacial score (nSPS) is 19.4. The molecule has 2 aromatic rings. The van der Waals surface area contributed by atoms with Gasteiger partial charge in [-0.3, -0.25) is 0 Å². The maximum Gasteiger partial charge on any atom is 0.191 e. The SMILES string of the molecule is CCNC(=NCc1ccc2ccccc2c1)NC1CCS(=O)(=O)C1.I. The summed E-state index contributed by atoms with van der Waals surface area (Å²) in [6.45, 7) is 3.29. The highest BCUT2D eigenvalue weighted by molar-refractivity contribution is 14.0. The second kappa shape index (κ2) is 8.84. The Bertz CT molecular complexity index is 852. The molecule has 1 heterocycles. The first-order valence-corrected chi connectivity index (χ1v) is 10.1. The average molecular weight is 473 g/mol. The van der Waals surface area contributed by atoms with E-state index in [-0.39, 0.29) is 41.5 Å². The van der Waals surface area contributed by atoms with Crippen molar-refractivity contribution >= 4 is 50.5 Å². The average Bonchev–Trinajstić information content (AvgIpc) is 2.91. The number of sulfone groups is 1. The van der Waals surface area contributed by atoms with Gasteiger partial charge in [0.1, 0.15) is 0 Å². The van der Waals surface area contributed by atoms with Crippen LogP contribution < -0.4 is 10.6 Å². The molecule has 2 N–H and O–H groups in total. The third-order valence-corrected chi connectivity index (χ3v) is 5.92. The molecule has 0 radical (unpaired) electrons. The second-order valence-electron chi connectivity index (χ2n) is 6.12.